The first-order chi connectivity index (χ1) is 16.9. The minimum Gasteiger partial charge on any atom is -0.493 e. The van der Waals surface area contributed by atoms with E-state index in [9.17, 15) is 19.7 Å². The summed E-state index contributed by atoms with van der Waals surface area (Å²) < 4.78 is 10.8. The number of hydrogen-bond donors (Lipinski definition) is 2. The topological polar surface area (TPSA) is 120 Å². The fraction of sp³-hybridized carbons (Fsp3) is 0.462. The summed E-state index contributed by atoms with van der Waals surface area (Å²) in [6, 6.07) is 9.73. The number of nitro groups is 1. The van der Waals surface area contributed by atoms with Crippen LogP contribution in [0.15, 0.2) is 36.4 Å². The summed E-state index contributed by atoms with van der Waals surface area (Å²) in [5.41, 5.74) is 2.67. The molecule has 2 aromatic carbocycles. The van der Waals surface area contributed by atoms with Gasteiger partial charge in [0.1, 0.15) is 0 Å². The van der Waals surface area contributed by atoms with E-state index in [1.807, 2.05) is 19.1 Å². The number of nitrogens with zero attached hydrogens (tertiary/aromatic N) is 1. The molecule has 0 heterocycles. The van der Waals surface area contributed by atoms with Gasteiger partial charge >= 0.3 is 0 Å². The highest BCUT2D eigenvalue weighted by atomic mass is 16.6. The van der Waals surface area contributed by atoms with Crippen molar-refractivity contribution in [3.05, 3.63) is 63.2 Å². The van der Waals surface area contributed by atoms with E-state index in [1.54, 1.807) is 26.4 Å². The normalized spacial score (nSPS) is 10.5. The monoisotopic (exact) mass is 485 g/mol. The molecule has 0 aliphatic heterocycles. The number of rotatable bonds is 15. The first-order valence-electron chi connectivity index (χ1n) is 11.9. The molecular formula is C26H35N3O6. The molecule has 0 unspecified atom stereocenters. The molecular weight excluding hydrogens is 450 g/mol. The predicted octanol–water partition coefficient (Wildman–Crippen LogP) is 3.75. The van der Waals surface area contributed by atoms with Crippen LogP contribution in [-0.4, -0.2) is 44.0 Å². The lowest BCUT2D eigenvalue weighted by Crippen LogP contribution is -2.27. The summed E-state index contributed by atoms with van der Waals surface area (Å²) >= 11 is 0. The van der Waals surface area contributed by atoms with Crippen LogP contribution in [0.25, 0.3) is 0 Å². The number of amides is 2. The molecule has 0 saturated carbocycles. The lowest BCUT2D eigenvalue weighted by Gasteiger charge is -2.16. The van der Waals surface area contributed by atoms with Crippen LogP contribution in [0.5, 0.6) is 11.5 Å². The molecule has 9 nitrogen and oxygen atoms in total. The van der Waals surface area contributed by atoms with E-state index in [-0.39, 0.29) is 23.9 Å². The molecule has 0 bridgehead atoms. The van der Waals surface area contributed by atoms with Crippen molar-refractivity contribution in [1.29, 1.82) is 0 Å². The molecule has 0 spiro atoms. The number of carbonyl (C=O) groups excluding carboxylic acids is 2. The summed E-state index contributed by atoms with van der Waals surface area (Å²) in [7, 11) is 3.20. The van der Waals surface area contributed by atoms with Crippen LogP contribution in [-0.2, 0) is 28.9 Å². The Morgan fingerprint density at radius 2 is 1.46 bits per heavy atom. The quantitative estimate of drug-likeness (QED) is 0.225. The Bertz CT molecular complexity index is 991. The van der Waals surface area contributed by atoms with Crippen molar-refractivity contribution >= 4 is 17.5 Å². The summed E-state index contributed by atoms with van der Waals surface area (Å²) in [5, 5.41) is 16.5. The number of non-ortho nitro benzene ring substituents is 1. The summed E-state index contributed by atoms with van der Waals surface area (Å²) in [6.45, 7) is 3.22. The second-order valence-corrected chi connectivity index (χ2v) is 8.18. The fourth-order valence-electron chi connectivity index (χ4n) is 3.86. The van der Waals surface area contributed by atoms with Gasteiger partial charge < -0.3 is 20.1 Å². The lowest BCUT2D eigenvalue weighted by molar-refractivity contribution is -0.384. The molecule has 2 N–H and O–H groups in total. The molecule has 190 valence electrons. The maximum Gasteiger partial charge on any atom is 0.269 e. The van der Waals surface area contributed by atoms with Crippen molar-refractivity contribution in [3.63, 3.8) is 0 Å². The van der Waals surface area contributed by atoms with Gasteiger partial charge in [-0.2, -0.15) is 0 Å². The summed E-state index contributed by atoms with van der Waals surface area (Å²) in [4.78, 5) is 34.6. The van der Waals surface area contributed by atoms with Gasteiger partial charge in [-0.15, -0.1) is 0 Å². The van der Waals surface area contributed by atoms with Crippen LogP contribution in [0.2, 0.25) is 0 Å². The average molecular weight is 486 g/mol. The third kappa shape index (κ3) is 8.92. The highest BCUT2D eigenvalue weighted by Crippen LogP contribution is 2.34. The molecule has 0 atom stereocenters. The number of unbranched alkanes of at least 4 members (excludes halogenated alkanes) is 3. The minimum absolute atomic E-state index is 0.0111. The third-order valence-corrected chi connectivity index (χ3v) is 5.71. The zero-order valence-electron chi connectivity index (χ0n) is 20.7. The molecule has 9 heteroatoms. The van der Waals surface area contributed by atoms with Gasteiger partial charge in [0.25, 0.3) is 5.69 Å². The molecule has 0 radical (unpaired) electrons. The number of hydrogen-bond acceptors (Lipinski definition) is 6. The van der Waals surface area contributed by atoms with Gasteiger partial charge in [-0.3, -0.25) is 19.7 Å². The predicted molar refractivity (Wildman–Crippen MR) is 134 cm³/mol. The molecule has 0 aliphatic rings. The van der Waals surface area contributed by atoms with Gasteiger partial charge in [-0.05, 0) is 36.5 Å². The number of nitro benzene ring substituents is 1. The Balaban J connectivity index is 1.59. The first kappa shape index (κ1) is 27.6. The van der Waals surface area contributed by atoms with Crippen molar-refractivity contribution in [2.24, 2.45) is 0 Å². The average Bonchev–Trinajstić information content (AvgIpc) is 2.85. The third-order valence-electron chi connectivity index (χ3n) is 5.71. The second kappa shape index (κ2) is 14.6. The van der Waals surface area contributed by atoms with Crippen molar-refractivity contribution in [3.8, 4) is 11.5 Å². The maximum atomic E-state index is 12.4. The molecule has 0 aromatic heterocycles. The van der Waals surface area contributed by atoms with E-state index >= 15 is 0 Å². The minimum atomic E-state index is -0.462. The van der Waals surface area contributed by atoms with Crippen molar-refractivity contribution in [2.45, 2.75) is 51.9 Å². The molecule has 35 heavy (non-hydrogen) atoms. The summed E-state index contributed by atoms with van der Waals surface area (Å²) in [5.74, 6) is 1.22. The van der Waals surface area contributed by atoms with E-state index < -0.39 is 4.92 Å². The molecule has 2 rings (SSSR count). The van der Waals surface area contributed by atoms with Crippen LogP contribution in [0, 0.1) is 10.1 Å². The van der Waals surface area contributed by atoms with E-state index in [2.05, 4.69) is 10.6 Å². The van der Waals surface area contributed by atoms with E-state index in [0.29, 0.717) is 31.0 Å². The van der Waals surface area contributed by atoms with Crippen molar-refractivity contribution < 1.29 is 24.0 Å². The van der Waals surface area contributed by atoms with E-state index in [1.165, 1.54) is 12.1 Å². The Labute approximate surface area is 206 Å². The lowest BCUT2D eigenvalue weighted by atomic mass is 10.00. The van der Waals surface area contributed by atoms with Crippen molar-refractivity contribution in [2.75, 3.05) is 27.3 Å². The molecule has 0 saturated heterocycles. The highest BCUT2D eigenvalue weighted by molar-refractivity contribution is 5.79. The largest absolute Gasteiger partial charge is 0.493 e. The van der Waals surface area contributed by atoms with Gasteiger partial charge in [0, 0.05) is 30.8 Å². The van der Waals surface area contributed by atoms with E-state index in [0.717, 1.165) is 48.8 Å². The van der Waals surface area contributed by atoms with Crippen LogP contribution in [0.1, 0.15) is 49.3 Å². The van der Waals surface area contributed by atoms with Gasteiger partial charge in [-0.25, -0.2) is 0 Å². The smallest absolute Gasteiger partial charge is 0.269 e. The molecule has 0 aliphatic carbocycles. The van der Waals surface area contributed by atoms with Gasteiger partial charge in [0.2, 0.25) is 11.8 Å². The fourth-order valence-corrected chi connectivity index (χ4v) is 3.86. The number of benzene rings is 2. The van der Waals surface area contributed by atoms with Crippen LogP contribution in [0.3, 0.4) is 0 Å². The van der Waals surface area contributed by atoms with Crippen LogP contribution >= 0.6 is 0 Å². The standard InChI is InChI=1S/C26H35N3O6/c1-4-22-20(11-14-23(34-2)26(22)35-3)18-25(31)28-16-8-6-5-7-15-27-24(30)17-19-9-12-21(13-10-19)29(32)33/h9-14H,4-8,15-18H2,1-3H3,(H,27,30)(H,28,31). The SMILES string of the molecule is CCc1c(CC(=O)NCCCCCCNC(=O)Cc2ccc([N+](=O)[O-])cc2)ccc(OC)c1OC. The van der Waals surface area contributed by atoms with E-state index in [4.69, 9.17) is 9.47 Å². The Morgan fingerprint density at radius 1 is 0.857 bits per heavy atom. The van der Waals surface area contributed by atoms with Crippen LogP contribution in [0.4, 0.5) is 5.69 Å². The zero-order valence-corrected chi connectivity index (χ0v) is 20.7. The van der Waals surface area contributed by atoms with Gasteiger partial charge in [-0.1, -0.05) is 38.0 Å². The molecule has 2 amide bonds. The molecule has 0 fully saturated rings. The Hall–Kier alpha value is -3.62. The molecule has 2 aromatic rings. The first-order valence-corrected chi connectivity index (χ1v) is 11.9. The van der Waals surface area contributed by atoms with Gasteiger partial charge in [0.15, 0.2) is 11.5 Å². The highest BCUT2D eigenvalue weighted by Gasteiger charge is 2.15. The van der Waals surface area contributed by atoms with Crippen molar-refractivity contribution in [1.82, 2.24) is 10.6 Å². The number of nitrogens with one attached hydrogen (secondary N) is 2. The maximum absolute atomic E-state index is 12.4. The van der Waals surface area contributed by atoms with Crippen LogP contribution < -0.4 is 20.1 Å². The second-order valence-electron chi connectivity index (χ2n) is 8.18. The zero-order chi connectivity index (χ0) is 25.6. The number of ether oxygens (including phenoxy) is 2. The Morgan fingerprint density at radius 3 is 1.97 bits per heavy atom. The number of methoxy groups -OCH3 is 2. The summed E-state index contributed by atoms with van der Waals surface area (Å²) in [6.07, 6.45) is 4.86. The van der Waals surface area contributed by atoms with Gasteiger partial charge in [0.05, 0.1) is 32.0 Å². The number of carbonyl (C=O) groups is 2. The Kier molecular flexibility index (Phi) is 11.5.